The van der Waals surface area contributed by atoms with Gasteiger partial charge in [-0.15, -0.1) is 4.28 Å². The molecule has 0 spiro atoms. The van der Waals surface area contributed by atoms with E-state index >= 15 is 0 Å². The van der Waals surface area contributed by atoms with Crippen LogP contribution >= 0.6 is 0 Å². The van der Waals surface area contributed by atoms with Gasteiger partial charge in [0.2, 0.25) is 5.91 Å². The average Bonchev–Trinajstić information content (AvgIpc) is 2.78. The molecule has 15 heteroatoms. The second-order valence-corrected chi connectivity index (χ2v) is 9.09. The summed E-state index contributed by atoms with van der Waals surface area (Å²) in [6, 6.07) is -2.53. The lowest BCUT2D eigenvalue weighted by Gasteiger charge is -2.33. The molecule has 0 aromatic rings. The molecule has 13 nitrogen and oxygen atoms in total. The molecule has 3 saturated heterocycles. The summed E-state index contributed by atoms with van der Waals surface area (Å²) in [5.74, 6) is -0.430. The van der Waals surface area contributed by atoms with E-state index in [1.54, 1.807) is 0 Å². The molecule has 0 aromatic carbocycles. The molecule has 0 unspecified atom stereocenters. The van der Waals surface area contributed by atoms with Crippen molar-refractivity contribution in [2.24, 2.45) is 0 Å². The third-order valence-electron chi connectivity index (χ3n) is 4.93. The van der Waals surface area contributed by atoms with Crippen LogP contribution in [-0.4, -0.2) is 89.9 Å². The van der Waals surface area contributed by atoms with E-state index in [0.717, 1.165) is 4.31 Å². The number of hydroxylamine groups is 2. The molecule has 3 heterocycles. The van der Waals surface area contributed by atoms with Gasteiger partial charge in [0.25, 0.3) is 0 Å². The maximum absolute atomic E-state index is 12.6. The van der Waals surface area contributed by atoms with E-state index in [9.17, 15) is 26.4 Å². The molecule has 0 saturated carbocycles. The number of hydrogen-bond donors (Lipinski definition) is 3. The van der Waals surface area contributed by atoms with Gasteiger partial charge in [-0.2, -0.15) is 26.2 Å². The summed E-state index contributed by atoms with van der Waals surface area (Å²) < 4.78 is 66.9. The van der Waals surface area contributed by atoms with Gasteiger partial charge >= 0.3 is 26.7 Å². The first-order chi connectivity index (χ1) is 12.5. The number of carbonyl (C=O) groups is 2. The van der Waals surface area contributed by atoms with E-state index in [1.165, 1.54) is 4.90 Å². The van der Waals surface area contributed by atoms with E-state index in [1.807, 2.05) is 0 Å². The molecule has 3 N–H and O–H groups in total. The number of carbonyl (C=O) groups excluding carboxylic acids is 2. The zero-order valence-corrected chi connectivity index (χ0v) is 15.7. The standard InChI is InChI=1S/C12H20N4O9S2/c17-11(13-8-3-5-14(6-4-8)26(19,20)21)10-2-1-9-7-15(10)12(18)16(9)25-27(22,23)24/h8-10H,1-7H2,(H,13,17)(H,19,20,21)(H,22,23,24)/t9-,10-/m1/s1. The quantitative estimate of drug-likeness (QED) is 0.434. The summed E-state index contributed by atoms with van der Waals surface area (Å²) >= 11 is 0. The minimum Gasteiger partial charge on any atom is -0.351 e. The fraction of sp³-hybridized carbons (Fsp3) is 0.833. The molecule has 0 radical (unpaired) electrons. The normalized spacial score (nSPS) is 27.9. The number of piperidine rings is 2. The molecular formula is C12H20N4O9S2. The van der Waals surface area contributed by atoms with E-state index < -0.39 is 44.7 Å². The Bertz CT molecular complexity index is 822. The highest BCUT2D eigenvalue weighted by Crippen LogP contribution is 2.31. The maximum Gasteiger partial charge on any atom is 0.418 e. The zero-order chi connectivity index (χ0) is 20.0. The summed E-state index contributed by atoms with van der Waals surface area (Å²) in [7, 11) is -9.11. The lowest BCUT2D eigenvalue weighted by Crippen LogP contribution is -2.54. The second-order valence-electron chi connectivity index (χ2n) is 6.67. The van der Waals surface area contributed by atoms with Crippen LogP contribution in [0.15, 0.2) is 0 Å². The Hall–Kier alpha value is -1.52. The molecule has 3 rings (SSSR count). The summed E-state index contributed by atoms with van der Waals surface area (Å²) in [4.78, 5) is 26.0. The Morgan fingerprint density at radius 3 is 2.26 bits per heavy atom. The molecule has 0 aliphatic carbocycles. The predicted octanol–water partition coefficient (Wildman–Crippen LogP) is -1.63. The maximum atomic E-state index is 12.6. The lowest BCUT2D eigenvalue weighted by atomic mass is 9.99. The van der Waals surface area contributed by atoms with Crippen LogP contribution in [0, 0.1) is 0 Å². The van der Waals surface area contributed by atoms with E-state index in [0.29, 0.717) is 24.3 Å². The Morgan fingerprint density at radius 2 is 1.70 bits per heavy atom. The Balaban J connectivity index is 1.58. The van der Waals surface area contributed by atoms with E-state index in [4.69, 9.17) is 9.11 Å². The van der Waals surface area contributed by atoms with Gasteiger partial charge in [-0.25, -0.2) is 4.79 Å². The Labute approximate surface area is 156 Å². The third kappa shape index (κ3) is 4.49. The first-order valence-electron chi connectivity index (χ1n) is 8.25. The number of fused-ring (bicyclic) bond motifs is 2. The van der Waals surface area contributed by atoms with Crippen molar-refractivity contribution in [3.05, 3.63) is 0 Å². The molecule has 3 aliphatic rings. The molecule has 154 valence electrons. The summed E-state index contributed by atoms with van der Waals surface area (Å²) in [5.41, 5.74) is 0. The van der Waals surface area contributed by atoms with Crippen molar-refractivity contribution in [2.45, 2.75) is 43.8 Å². The largest absolute Gasteiger partial charge is 0.418 e. The summed E-state index contributed by atoms with van der Waals surface area (Å²) in [6.07, 6.45) is 1.23. The average molecular weight is 428 g/mol. The van der Waals surface area contributed by atoms with Crippen LogP contribution in [0.5, 0.6) is 0 Å². The van der Waals surface area contributed by atoms with Crippen molar-refractivity contribution >= 4 is 32.6 Å². The molecule has 0 aromatic heterocycles. The van der Waals surface area contributed by atoms with Crippen LogP contribution in [-0.2, 0) is 29.8 Å². The molecule has 3 amide bonds. The van der Waals surface area contributed by atoms with Gasteiger partial charge in [0.15, 0.2) is 0 Å². The SMILES string of the molecule is O=C(NC1CCN(S(=O)(=O)O)CC1)[C@H]1CC[C@@H]2CN1C(=O)N2OS(=O)(=O)O. The highest BCUT2D eigenvalue weighted by Gasteiger charge is 2.49. The Kier molecular flexibility index (Phi) is 5.35. The molecule has 2 atom stereocenters. The number of nitrogens with one attached hydrogen (secondary N) is 1. The predicted molar refractivity (Wildman–Crippen MR) is 87.7 cm³/mol. The van der Waals surface area contributed by atoms with Crippen molar-refractivity contribution in [3.8, 4) is 0 Å². The summed E-state index contributed by atoms with van der Waals surface area (Å²) in [5, 5.41) is 3.33. The van der Waals surface area contributed by atoms with Crippen molar-refractivity contribution in [1.82, 2.24) is 19.6 Å². The number of rotatable bonds is 5. The van der Waals surface area contributed by atoms with Gasteiger partial charge in [-0.05, 0) is 25.7 Å². The first-order valence-corrected chi connectivity index (χ1v) is 11.0. The van der Waals surface area contributed by atoms with Gasteiger partial charge < -0.3 is 10.2 Å². The van der Waals surface area contributed by atoms with Crippen LogP contribution < -0.4 is 5.32 Å². The minimum atomic E-state index is -4.85. The molecule has 3 aliphatic heterocycles. The molecule has 3 fully saturated rings. The van der Waals surface area contributed by atoms with Crippen LogP contribution in [0.25, 0.3) is 0 Å². The van der Waals surface area contributed by atoms with E-state index in [-0.39, 0.29) is 32.1 Å². The van der Waals surface area contributed by atoms with Crippen molar-refractivity contribution in [2.75, 3.05) is 19.6 Å². The van der Waals surface area contributed by atoms with Crippen molar-refractivity contribution in [3.63, 3.8) is 0 Å². The van der Waals surface area contributed by atoms with E-state index in [2.05, 4.69) is 9.60 Å². The number of nitrogens with zero attached hydrogens (tertiary/aromatic N) is 3. The monoisotopic (exact) mass is 428 g/mol. The fourth-order valence-corrected chi connectivity index (χ4v) is 4.69. The number of hydrogen-bond acceptors (Lipinski definition) is 7. The third-order valence-corrected chi connectivity index (χ3v) is 6.29. The highest BCUT2D eigenvalue weighted by atomic mass is 32.3. The summed E-state index contributed by atoms with van der Waals surface area (Å²) in [6.45, 7) is 0.220. The highest BCUT2D eigenvalue weighted by molar-refractivity contribution is 7.83. The van der Waals surface area contributed by atoms with Gasteiger partial charge in [-0.1, -0.05) is 0 Å². The van der Waals surface area contributed by atoms with Crippen LogP contribution in [0.4, 0.5) is 4.79 Å². The molecular weight excluding hydrogens is 408 g/mol. The lowest BCUT2D eigenvalue weighted by molar-refractivity contribution is -0.127. The second kappa shape index (κ2) is 7.14. The zero-order valence-electron chi connectivity index (χ0n) is 14.1. The number of amides is 3. The Morgan fingerprint density at radius 1 is 1.07 bits per heavy atom. The number of urea groups is 1. The van der Waals surface area contributed by atoms with Crippen molar-refractivity contribution in [1.29, 1.82) is 0 Å². The van der Waals surface area contributed by atoms with Crippen LogP contribution in [0.3, 0.4) is 0 Å². The topological polar surface area (TPSA) is 174 Å². The van der Waals surface area contributed by atoms with Gasteiger partial charge in [-0.3, -0.25) is 13.9 Å². The van der Waals surface area contributed by atoms with Crippen LogP contribution in [0.1, 0.15) is 25.7 Å². The minimum absolute atomic E-state index is 0.0646. The first kappa shape index (κ1) is 20.2. The smallest absolute Gasteiger partial charge is 0.351 e. The molecule has 2 bridgehead atoms. The van der Waals surface area contributed by atoms with Gasteiger partial charge in [0.05, 0.1) is 6.04 Å². The fourth-order valence-electron chi connectivity index (χ4n) is 3.63. The van der Waals surface area contributed by atoms with Gasteiger partial charge in [0, 0.05) is 25.7 Å². The van der Waals surface area contributed by atoms with Crippen LogP contribution in [0.2, 0.25) is 0 Å². The molecule has 27 heavy (non-hydrogen) atoms. The van der Waals surface area contributed by atoms with Crippen molar-refractivity contribution < 1.29 is 39.8 Å². The van der Waals surface area contributed by atoms with Gasteiger partial charge in [0.1, 0.15) is 6.04 Å².